The molecule has 0 spiro atoms. The Bertz CT molecular complexity index is 780. The Hall–Kier alpha value is -2.31. The monoisotopic (exact) mass is 417 g/mol. The standard InChI is InChI=1S/C23H35N3O4/c1-4-30-23(29)21-16(2)19(17(3)24-21)10-11-20(27)26-14-8-9-18(15-26)22(28)25-12-6-5-7-13-25/h18,24H,4-15H2,1-3H3/t18-/m0/s1. The highest BCUT2D eigenvalue weighted by atomic mass is 16.5. The fourth-order valence-electron chi connectivity index (χ4n) is 4.74. The molecule has 1 N–H and O–H groups in total. The molecular formula is C23H35N3O4. The van der Waals surface area contributed by atoms with Crippen LogP contribution in [-0.2, 0) is 20.7 Å². The molecule has 0 aromatic carbocycles. The lowest BCUT2D eigenvalue weighted by Gasteiger charge is -2.36. The number of amides is 2. The molecule has 2 amide bonds. The van der Waals surface area contributed by atoms with Gasteiger partial charge in [-0.25, -0.2) is 4.79 Å². The van der Waals surface area contributed by atoms with E-state index in [2.05, 4.69) is 4.98 Å². The van der Waals surface area contributed by atoms with E-state index in [-0.39, 0.29) is 23.7 Å². The van der Waals surface area contributed by atoms with Crippen LogP contribution in [0.15, 0.2) is 0 Å². The molecule has 30 heavy (non-hydrogen) atoms. The quantitative estimate of drug-likeness (QED) is 0.722. The maximum atomic E-state index is 12.9. The Morgan fingerprint density at radius 1 is 1.03 bits per heavy atom. The summed E-state index contributed by atoms with van der Waals surface area (Å²) in [5.74, 6) is -0.106. The van der Waals surface area contributed by atoms with Gasteiger partial charge in [0.25, 0.3) is 0 Å². The van der Waals surface area contributed by atoms with Crippen molar-refractivity contribution >= 4 is 17.8 Å². The van der Waals surface area contributed by atoms with Crippen LogP contribution in [0, 0.1) is 19.8 Å². The largest absolute Gasteiger partial charge is 0.461 e. The number of aromatic amines is 1. The van der Waals surface area contributed by atoms with Crippen molar-refractivity contribution in [3.63, 3.8) is 0 Å². The first-order valence-electron chi connectivity index (χ1n) is 11.3. The number of carbonyl (C=O) groups is 3. The van der Waals surface area contributed by atoms with E-state index in [0.717, 1.165) is 62.1 Å². The Kier molecular flexibility index (Phi) is 7.56. The number of hydrogen-bond acceptors (Lipinski definition) is 4. The molecule has 2 saturated heterocycles. The summed E-state index contributed by atoms with van der Waals surface area (Å²) < 4.78 is 5.10. The van der Waals surface area contributed by atoms with Crippen molar-refractivity contribution < 1.29 is 19.1 Å². The van der Waals surface area contributed by atoms with Crippen LogP contribution in [0.2, 0.25) is 0 Å². The Balaban J connectivity index is 1.57. The third kappa shape index (κ3) is 5.05. The molecule has 0 radical (unpaired) electrons. The van der Waals surface area contributed by atoms with E-state index in [1.165, 1.54) is 6.42 Å². The van der Waals surface area contributed by atoms with E-state index in [1.807, 2.05) is 23.6 Å². The number of ether oxygens (including phenoxy) is 1. The van der Waals surface area contributed by atoms with Crippen molar-refractivity contribution in [2.45, 2.75) is 65.7 Å². The molecule has 0 saturated carbocycles. The summed E-state index contributed by atoms with van der Waals surface area (Å²) in [6, 6.07) is 0. The van der Waals surface area contributed by atoms with Gasteiger partial charge in [-0.2, -0.15) is 0 Å². The summed E-state index contributed by atoms with van der Waals surface area (Å²) >= 11 is 0. The summed E-state index contributed by atoms with van der Waals surface area (Å²) in [7, 11) is 0. The summed E-state index contributed by atoms with van der Waals surface area (Å²) in [6.07, 6.45) is 6.09. The highest BCUT2D eigenvalue weighted by Crippen LogP contribution is 2.24. The Labute approximate surface area is 179 Å². The fraction of sp³-hybridized carbons (Fsp3) is 0.696. The summed E-state index contributed by atoms with van der Waals surface area (Å²) in [5, 5.41) is 0. The van der Waals surface area contributed by atoms with E-state index in [0.29, 0.717) is 31.7 Å². The molecule has 3 rings (SSSR count). The summed E-state index contributed by atoms with van der Waals surface area (Å²) in [6.45, 7) is 8.90. The number of esters is 1. The highest BCUT2D eigenvalue weighted by Gasteiger charge is 2.31. The number of nitrogens with zero attached hydrogens (tertiary/aromatic N) is 2. The SMILES string of the molecule is CCOC(=O)c1[nH]c(C)c(CCC(=O)N2CCC[C@H](C(=O)N3CCCCC3)C2)c1C. The molecule has 1 atom stereocenters. The zero-order valence-electron chi connectivity index (χ0n) is 18.6. The summed E-state index contributed by atoms with van der Waals surface area (Å²) in [4.78, 5) is 44.8. The molecule has 1 aromatic rings. The van der Waals surface area contributed by atoms with E-state index in [1.54, 1.807) is 6.92 Å². The molecule has 2 fully saturated rings. The second kappa shape index (κ2) is 10.1. The van der Waals surface area contributed by atoms with Crippen LogP contribution >= 0.6 is 0 Å². The minimum atomic E-state index is -0.356. The van der Waals surface area contributed by atoms with Crippen molar-refractivity contribution in [3.05, 3.63) is 22.5 Å². The molecule has 0 unspecified atom stereocenters. The van der Waals surface area contributed by atoms with E-state index in [4.69, 9.17) is 4.74 Å². The zero-order valence-corrected chi connectivity index (χ0v) is 18.6. The smallest absolute Gasteiger partial charge is 0.355 e. The predicted octanol–water partition coefficient (Wildman–Crippen LogP) is 2.99. The number of aromatic nitrogens is 1. The van der Waals surface area contributed by atoms with Gasteiger partial charge in [-0.15, -0.1) is 0 Å². The van der Waals surface area contributed by atoms with Gasteiger partial charge in [-0.3, -0.25) is 9.59 Å². The van der Waals surface area contributed by atoms with E-state index >= 15 is 0 Å². The molecule has 166 valence electrons. The van der Waals surface area contributed by atoms with Gasteiger partial charge in [0.05, 0.1) is 12.5 Å². The minimum Gasteiger partial charge on any atom is -0.461 e. The van der Waals surface area contributed by atoms with Crippen molar-refractivity contribution in [3.8, 4) is 0 Å². The second-order valence-corrected chi connectivity index (χ2v) is 8.51. The lowest BCUT2D eigenvalue weighted by atomic mass is 9.95. The van der Waals surface area contributed by atoms with Crippen molar-refractivity contribution in [1.82, 2.24) is 14.8 Å². The van der Waals surface area contributed by atoms with Crippen LogP contribution in [0.4, 0.5) is 0 Å². The molecule has 2 aliphatic heterocycles. The van der Waals surface area contributed by atoms with E-state index in [9.17, 15) is 14.4 Å². The highest BCUT2D eigenvalue weighted by molar-refractivity contribution is 5.90. The normalized spacial score (nSPS) is 19.6. The van der Waals surface area contributed by atoms with Crippen molar-refractivity contribution in [2.75, 3.05) is 32.8 Å². The first-order valence-corrected chi connectivity index (χ1v) is 11.3. The molecule has 0 bridgehead atoms. The topological polar surface area (TPSA) is 82.7 Å². The first kappa shape index (κ1) is 22.4. The summed E-state index contributed by atoms with van der Waals surface area (Å²) in [5.41, 5.74) is 3.24. The lowest BCUT2D eigenvalue weighted by molar-refractivity contribution is -0.141. The molecule has 2 aliphatic rings. The number of nitrogens with one attached hydrogen (secondary N) is 1. The number of likely N-dealkylation sites (tertiary alicyclic amines) is 2. The van der Waals surface area contributed by atoms with Gasteiger partial charge < -0.3 is 19.5 Å². The first-order chi connectivity index (χ1) is 14.4. The van der Waals surface area contributed by atoms with Crippen LogP contribution in [0.3, 0.4) is 0 Å². The van der Waals surface area contributed by atoms with Gasteiger partial charge >= 0.3 is 5.97 Å². The predicted molar refractivity (Wildman–Crippen MR) is 114 cm³/mol. The lowest BCUT2D eigenvalue weighted by Crippen LogP contribution is -2.48. The second-order valence-electron chi connectivity index (χ2n) is 8.51. The molecule has 0 aliphatic carbocycles. The maximum Gasteiger partial charge on any atom is 0.355 e. The van der Waals surface area contributed by atoms with Gasteiger partial charge in [0, 0.05) is 38.3 Å². The number of rotatable bonds is 6. The van der Waals surface area contributed by atoms with Crippen molar-refractivity contribution in [2.24, 2.45) is 5.92 Å². The van der Waals surface area contributed by atoms with Crippen LogP contribution in [0.25, 0.3) is 0 Å². The van der Waals surface area contributed by atoms with Crippen molar-refractivity contribution in [1.29, 1.82) is 0 Å². The van der Waals surface area contributed by atoms with Crippen LogP contribution in [-0.4, -0.2) is 65.4 Å². The maximum absolute atomic E-state index is 12.9. The van der Waals surface area contributed by atoms with Gasteiger partial charge in [-0.05, 0) is 70.4 Å². The average molecular weight is 418 g/mol. The number of piperidine rings is 2. The van der Waals surface area contributed by atoms with Crippen LogP contribution in [0.1, 0.15) is 72.8 Å². The number of hydrogen-bond donors (Lipinski definition) is 1. The van der Waals surface area contributed by atoms with E-state index < -0.39 is 0 Å². The molecule has 7 heteroatoms. The molecular weight excluding hydrogens is 382 g/mol. The molecule has 1 aromatic heterocycles. The third-order valence-electron chi connectivity index (χ3n) is 6.45. The minimum absolute atomic E-state index is 0.0630. The fourth-order valence-corrected chi connectivity index (χ4v) is 4.74. The van der Waals surface area contributed by atoms with Gasteiger partial charge in [-0.1, -0.05) is 0 Å². The van der Waals surface area contributed by atoms with Gasteiger partial charge in [0.15, 0.2) is 0 Å². The van der Waals surface area contributed by atoms with Crippen LogP contribution < -0.4 is 0 Å². The van der Waals surface area contributed by atoms with Gasteiger partial charge in [0.1, 0.15) is 5.69 Å². The van der Waals surface area contributed by atoms with Crippen LogP contribution in [0.5, 0.6) is 0 Å². The molecule has 7 nitrogen and oxygen atoms in total. The average Bonchev–Trinajstić information content (AvgIpc) is 3.05. The zero-order chi connectivity index (χ0) is 21.7. The Morgan fingerprint density at radius 3 is 2.43 bits per heavy atom. The number of aryl methyl sites for hydroxylation is 1. The third-order valence-corrected chi connectivity index (χ3v) is 6.45. The Morgan fingerprint density at radius 2 is 1.73 bits per heavy atom. The number of H-pyrrole nitrogens is 1. The molecule has 3 heterocycles. The number of carbonyl (C=O) groups excluding carboxylic acids is 3. The van der Waals surface area contributed by atoms with Gasteiger partial charge in [0.2, 0.25) is 11.8 Å².